The highest BCUT2D eigenvalue weighted by Crippen LogP contribution is 2.28. The summed E-state index contributed by atoms with van der Waals surface area (Å²) in [6.45, 7) is 0.399. The number of aryl methyl sites for hydroxylation is 1. The molecule has 2 rings (SSSR count). The Bertz CT molecular complexity index is 556. The molecule has 0 spiro atoms. The lowest BCUT2D eigenvalue weighted by Gasteiger charge is -2.09. The number of ether oxygens (including phenoxy) is 1. The number of aromatic nitrogens is 2. The van der Waals surface area contributed by atoms with Crippen LogP contribution in [-0.2, 0) is 13.5 Å². The number of rotatable bonds is 4. The van der Waals surface area contributed by atoms with Gasteiger partial charge in [-0.3, -0.25) is 0 Å². The van der Waals surface area contributed by atoms with Crippen molar-refractivity contribution in [1.29, 1.82) is 0 Å². The zero-order chi connectivity index (χ0) is 13.1. The van der Waals surface area contributed by atoms with Crippen molar-refractivity contribution in [2.24, 2.45) is 7.05 Å². The van der Waals surface area contributed by atoms with Crippen LogP contribution in [0, 0.1) is 5.82 Å². The van der Waals surface area contributed by atoms with Gasteiger partial charge in [0.15, 0.2) is 0 Å². The molecule has 0 aliphatic heterocycles. The zero-order valence-electron chi connectivity index (χ0n) is 9.86. The van der Waals surface area contributed by atoms with Crippen molar-refractivity contribution in [3.63, 3.8) is 0 Å². The third-order valence-electron chi connectivity index (χ3n) is 2.56. The standard InChI is InChI=1S/C12H13BrFN3O/c1-17-4-3-16-12(17)2-5-18-11-7-9(14)8(13)6-10(11)15/h3-4,6-7H,2,5,15H2,1H3. The second-order valence-corrected chi connectivity index (χ2v) is 4.71. The Morgan fingerprint density at radius 3 is 2.94 bits per heavy atom. The first-order valence-electron chi connectivity index (χ1n) is 5.41. The summed E-state index contributed by atoms with van der Waals surface area (Å²) in [7, 11) is 1.91. The van der Waals surface area contributed by atoms with Crippen molar-refractivity contribution in [2.75, 3.05) is 12.3 Å². The first kappa shape index (κ1) is 12.9. The molecular formula is C12H13BrFN3O. The van der Waals surface area contributed by atoms with E-state index in [4.69, 9.17) is 10.5 Å². The molecule has 0 aliphatic carbocycles. The van der Waals surface area contributed by atoms with E-state index in [9.17, 15) is 4.39 Å². The van der Waals surface area contributed by atoms with Gasteiger partial charge in [0.25, 0.3) is 0 Å². The number of nitrogens with zero attached hydrogens (tertiary/aromatic N) is 2. The monoisotopic (exact) mass is 313 g/mol. The molecule has 0 saturated carbocycles. The smallest absolute Gasteiger partial charge is 0.145 e. The molecule has 4 nitrogen and oxygen atoms in total. The molecule has 1 heterocycles. The van der Waals surface area contributed by atoms with E-state index in [0.717, 1.165) is 5.82 Å². The van der Waals surface area contributed by atoms with E-state index in [0.29, 0.717) is 28.9 Å². The van der Waals surface area contributed by atoms with Crippen LogP contribution in [0.25, 0.3) is 0 Å². The predicted molar refractivity (Wildman–Crippen MR) is 70.9 cm³/mol. The minimum atomic E-state index is -0.392. The van der Waals surface area contributed by atoms with E-state index in [2.05, 4.69) is 20.9 Å². The molecule has 6 heteroatoms. The average Bonchev–Trinajstić information content (AvgIpc) is 2.72. The lowest BCUT2D eigenvalue weighted by Crippen LogP contribution is -2.07. The van der Waals surface area contributed by atoms with E-state index in [1.807, 2.05) is 17.8 Å². The maximum atomic E-state index is 13.3. The summed E-state index contributed by atoms with van der Waals surface area (Å²) in [6.07, 6.45) is 4.23. The fourth-order valence-electron chi connectivity index (χ4n) is 1.56. The summed E-state index contributed by atoms with van der Waals surface area (Å²) >= 11 is 3.07. The highest BCUT2D eigenvalue weighted by atomic mass is 79.9. The largest absolute Gasteiger partial charge is 0.491 e. The molecule has 0 radical (unpaired) electrons. The second-order valence-electron chi connectivity index (χ2n) is 3.86. The van der Waals surface area contributed by atoms with Gasteiger partial charge in [-0.2, -0.15) is 0 Å². The summed E-state index contributed by atoms with van der Waals surface area (Å²) in [5, 5.41) is 0. The van der Waals surface area contributed by atoms with E-state index in [-0.39, 0.29) is 0 Å². The minimum Gasteiger partial charge on any atom is -0.491 e. The van der Waals surface area contributed by atoms with Crippen LogP contribution in [0.2, 0.25) is 0 Å². The maximum Gasteiger partial charge on any atom is 0.145 e. The Balaban J connectivity index is 1.99. The van der Waals surface area contributed by atoms with Crippen LogP contribution in [0.1, 0.15) is 5.82 Å². The normalized spacial score (nSPS) is 10.6. The van der Waals surface area contributed by atoms with Crippen LogP contribution in [0.4, 0.5) is 10.1 Å². The maximum absolute atomic E-state index is 13.3. The second kappa shape index (κ2) is 5.39. The van der Waals surface area contributed by atoms with Gasteiger partial charge < -0.3 is 15.0 Å². The molecule has 2 aromatic rings. The van der Waals surface area contributed by atoms with Gasteiger partial charge in [0.1, 0.15) is 17.4 Å². The SMILES string of the molecule is Cn1ccnc1CCOc1cc(F)c(Br)cc1N. The highest BCUT2D eigenvalue weighted by Gasteiger charge is 2.07. The van der Waals surface area contributed by atoms with Crippen LogP contribution in [-0.4, -0.2) is 16.2 Å². The van der Waals surface area contributed by atoms with Gasteiger partial charge >= 0.3 is 0 Å². The molecule has 18 heavy (non-hydrogen) atoms. The van der Waals surface area contributed by atoms with Crippen molar-refractivity contribution in [3.05, 3.63) is 40.6 Å². The van der Waals surface area contributed by atoms with Crippen LogP contribution < -0.4 is 10.5 Å². The van der Waals surface area contributed by atoms with E-state index >= 15 is 0 Å². The van der Waals surface area contributed by atoms with Crippen molar-refractivity contribution >= 4 is 21.6 Å². The average molecular weight is 314 g/mol. The number of hydrogen-bond donors (Lipinski definition) is 1. The Labute approximate surface area is 113 Å². The van der Waals surface area contributed by atoms with Gasteiger partial charge in [0.05, 0.1) is 16.8 Å². The molecule has 1 aromatic carbocycles. The Hall–Kier alpha value is -1.56. The number of hydrogen-bond acceptors (Lipinski definition) is 3. The quantitative estimate of drug-likeness (QED) is 0.882. The van der Waals surface area contributed by atoms with Crippen molar-refractivity contribution in [2.45, 2.75) is 6.42 Å². The fourth-order valence-corrected chi connectivity index (χ4v) is 1.92. The van der Waals surface area contributed by atoms with E-state index in [1.54, 1.807) is 6.20 Å². The lowest BCUT2D eigenvalue weighted by atomic mass is 10.3. The van der Waals surface area contributed by atoms with Gasteiger partial charge in [-0.05, 0) is 22.0 Å². The number of halogens is 2. The predicted octanol–water partition coefficient (Wildman–Crippen LogP) is 2.53. The van der Waals surface area contributed by atoms with Crippen molar-refractivity contribution in [1.82, 2.24) is 9.55 Å². The molecule has 0 amide bonds. The van der Waals surface area contributed by atoms with Crippen LogP contribution in [0.15, 0.2) is 29.0 Å². The zero-order valence-corrected chi connectivity index (χ0v) is 11.4. The van der Waals surface area contributed by atoms with Gasteiger partial charge in [0, 0.05) is 31.9 Å². The third kappa shape index (κ3) is 2.81. The van der Waals surface area contributed by atoms with Crippen LogP contribution >= 0.6 is 15.9 Å². The van der Waals surface area contributed by atoms with Crippen LogP contribution in [0.3, 0.4) is 0 Å². The number of nitrogens with two attached hydrogens (primary N) is 1. The molecule has 1 aromatic heterocycles. The summed E-state index contributed by atoms with van der Waals surface area (Å²) in [5.74, 6) is 0.868. The molecule has 0 unspecified atom stereocenters. The molecule has 0 fully saturated rings. The summed E-state index contributed by atoms with van der Waals surface area (Å²) in [4.78, 5) is 4.17. The van der Waals surface area contributed by atoms with E-state index in [1.165, 1.54) is 12.1 Å². The molecule has 0 atom stereocenters. The van der Waals surface area contributed by atoms with Crippen molar-refractivity contribution < 1.29 is 9.13 Å². The van der Waals surface area contributed by atoms with Crippen LogP contribution in [0.5, 0.6) is 5.75 Å². The first-order chi connectivity index (χ1) is 8.58. The van der Waals surface area contributed by atoms with Gasteiger partial charge in [0.2, 0.25) is 0 Å². The van der Waals surface area contributed by atoms with Crippen molar-refractivity contribution in [3.8, 4) is 5.75 Å². The third-order valence-corrected chi connectivity index (χ3v) is 3.16. The number of anilines is 1. The number of benzene rings is 1. The molecule has 0 saturated heterocycles. The molecule has 0 bridgehead atoms. The molecule has 96 valence electrons. The Morgan fingerprint density at radius 1 is 1.50 bits per heavy atom. The van der Waals surface area contributed by atoms with Gasteiger partial charge in [-0.15, -0.1) is 0 Å². The molecular weight excluding hydrogens is 301 g/mol. The lowest BCUT2D eigenvalue weighted by molar-refractivity contribution is 0.317. The number of nitrogen functional groups attached to an aromatic ring is 1. The number of imidazole rings is 1. The fraction of sp³-hybridized carbons (Fsp3) is 0.250. The Morgan fingerprint density at radius 2 is 2.28 bits per heavy atom. The summed E-state index contributed by atoms with van der Waals surface area (Å²) < 4.78 is 21.0. The first-order valence-corrected chi connectivity index (χ1v) is 6.20. The summed E-state index contributed by atoms with van der Waals surface area (Å²) in [5.41, 5.74) is 6.14. The molecule has 2 N–H and O–H groups in total. The van der Waals surface area contributed by atoms with E-state index < -0.39 is 5.82 Å². The summed E-state index contributed by atoms with van der Waals surface area (Å²) in [6, 6.07) is 2.77. The topological polar surface area (TPSA) is 53.1 Å². The van der Waals surface area contributed by atoms with Gasteiger partial charge in [-0.25, -0.2) is 9.37 Å². The highest BCUT2D eigenvalue weighted by molar-refractivity contribution is 9.10. The Kier molecular flexibility index (Phi) is 3.86. The van der Waals surface area contributed by atoms with Gasteiger partial charge in [-0.1, -0.05) is 0 Å². The minimum absolute atomic E-state index is 0.330. The molecule has 0 aliphatic rings.